The normalized spacial score (nSPS) is 20.9. The Morgan fingerprint density at radius 1 is 1.18 bits per heavy atom. The Hall–Kier alpha value is -1.59. The van der Waals surface area contributed by atoms with Gasteiger partial charge in [-0.15, -0.1) is 0 Å². The van der Waals surface area contributed by atoms with Crippen molar-refractivity contribution in [2.45, 2.75) is 32.0 Å². The number of nitrogens with zero attached hydrogens (tertiary/aromatic N) is 1. The van der Waals surface area contributed by atoms with Gasteiger partial charge in [0.15, 0.2) is 12.4 Å². The standard InChI is InChI=1S/C17H23NO4/c1-14-3-5-15(6-4-14)20-13-16(19)18-9-7-17(8-10-18)21-11-2-12-22-17/h3-6H,2,7-13H2,1H3. The van der Waals surface area contributed by atoms with E-state index in [1.54, 1.807) is 0 Å². The number of carbonyl (C=O) groups excluding carboxylic acids is 1. The minimum Gasteiger partial charge on any atom is -0.484 e. The van der Waals surface area contributed by atoms with Crippen LogP contribution in [0.25, 0.3) is 0 Å². The van der Waals surface area contributed by atoms with Gasteiger partial charge >= 0.3 is 0 Å². The number of amides is 1. The lowest BCUT2D eigenvalue weighted by molar-refractivity contribution is -0.282. The van der Waals surface area contributed by atoms with E-state index in [9.17, 15) is 4.79 Å². The molecule has 5 heteroatoms. The lowest BCUT2D eigenvalue weighted by Crippen LogP contribution is -2.52. The molecule has 2 aliphatic rings. The molecule has 0 aliphatic carbocycles. The van der Waals surface area contributed by atoms with Crippen molar-refractivity contribution in [3.8, 4) is 5.75 Å². The van der Waals surface area contributed by atoms with E-state index < -0.39 is 5.79 Å². The highest BCUT2D eigenvalue weighted by Gasteiger charge is 2.39. The first-order chi connectivity index (χ1) is 10.7. The third-order valence-corrected chi connectivity index (χ3v) is 4.28. The number of piperidine rings is 1. The molecule has 3 rings (SSSR count). The van der Waals surface area contributed by atoms with E-state index in [1.165, 1.54) is 5.56 Å². The predicted octanol–water partition coefficient (Wildman–Crippen LogP) is 2.13. The highest BCUT2D eigenvalue weighted by Crippen LogP contribution is 2.30. The van der Waals surface area contributed by atoms with Crippen molar-refractivity contribution in [3.05, 3.63) is 29.8 Å². The highest BCUT2D eigenvalue weighted by molar-refractivity contribution is 5.77. The van der Waals surface area contributed by atoms with Crippen molar-refractivity contribution in [3.63, 3.8) is 0 Å². The van der Waals surface area contributed by atoms with Gasteiger partial charge in [-0.3, -0.25) is 4.79 Å². The molecule has 1 spiro atoms. The van der Waals surface area contributed by atoms with Crippen molar-refractivity contribution < 1.29 is 19.0 Å². The van der Waals surface area contributed by atoms with E-state index in [-0.39, 0.29) is 12.5 Å². The first kappa shape index (κ1) is 15.3. The number of ether oxygens (including phenoxy) is 3. The summed E-state index contributed by atoms with van der Waals surface area (Å²) in [5.41, 5.74) is 1.17. The molecule has 0 bridgehead atoms. The first-order valence-electron chi connectivity index (χ1n) is 7.92. The number of aryl methyl sites for hydroxylation is 1. The molecule has 1 aromatic rings. The van der Waals surface area contributed by atoms with E-state index >= 15 is 0 Å². The third-order valence-electron chi connectivity index (χ3n) is 4.28. The van der Waals surface area contributed by atoms with Gasteiger partial charge in [-0.05, 0) is 25.5 Å². The second kappa shape index (κ2) is 6.67. The summed E-state index contributed by atoms with van der Waals surface area (Å²) in [6, 6.07) is 7.72. The van der Waals surface area contributed by atoms with Crippen LogP contribution in [0.1, 0.15) is 24.8 Å². The molecule has 5 nitrogen and oxygen atoms in total. The summed E-state index contributed by atoms with van der Waals surface area (Å²) >= 11 is 0. The van der Waals surface area contributed by atoms with Crippen LogP contribution in [0.2, 0.25) is 0 Å². The molecular formula is C17H23NO4. The molecule has 2 saturated heterocycles. The fourth-order valence-electron chi connectivity index (χ4n) is 2.87. The summed E-state index contributed by atoms with van der Waals surface area (Å²) in [4.78, 5) is 14.1. The molecule has 22 heavy (non-hydrogen) atoms. The molecule has 0 saturated carbocycles. The number of hydrogen-bond acceptors (Lipinski definition) is 4. The predicted molar refractivity (Wildman–Crippen MR) is 81.7 cm³/mol. The van der Waals surface area contributed by atoms with Crippen LogP contribution in [0.3, 0.4) is 0 Å². The van der Waals surface area contributed by atoms with E-state index in [0.717, 1.165) is 38.2 Å². The van der Waals surface area contributed by atoms with Crippen molar-refractivity contribution in [1.29, 1.82) is 0 Å². The highest BCUT2D eigenvalue weighted by atomic mass is 16.7. The second-order valence-electron chi connectivity index (χ2n) is 5.94. The maximum absolute atomic E-state index is 12.2. The molecule has 2 fully saturated rings. The van der Waals surface area contributed by atoms with Gasteiger partial charge < -0.3 is 19.1 Å². The van der Waals surface area contributed by atoms with Crippen molar-refractivity contribution in [2.75, 3.05) is 32.9 Å². The zero-order valence-corrected chi connectivity index (χ0v) is 13.0. The second-order valence-corrected chi connectivity index (χ2v) is 5.94. The molecule has 0 N–H and O–H groups in total. The third kappa shape index (κ3) is 3.59. The lowest BCUT2D eigenvalue weighted by atomic mass is 10.0. The number of likely N-dealkylation sites (tertiary alicyclic amines) is 1. The average Bonchev–Trinajstić information content (AvgIpc) is 2.55. The lowest BCUT2D eigenvalue weighted by Gasteiger charge is -2.43. The number of carbonyl (C=O) groups is 1. The molecule has 2 heterocycles. The van der Waals surface area contributed by atoms with Crippen molar-refractivity contribution in [1.82, 2.24) is 4.90 Å². The molecule has 1 amide bonds. The summed E-state index contributed by atoms with van der Waals surface area (Å²) < 4.78 is 17.1. The van der Waals surface area contributed by atoms with E-state index in [2.05, 4.69) is 0 Å². The fraction of sp³-hybridized carbons (Fsp3) is 0.588. The number of hydrogen-bond donors (Lipinski definition) is 0. The monoisotopic (exact) mass is 305 g/mol. The van der Waals surface area contributed by atoms with Gasteiger partial charge in [0.05, 0.1) is 13.2 Å². The Bertz CT molecular complexity index is 498. The summed E-state index contributed by atoms with van der Waals surface area (Å²) in [5, 5.41) is 0. The molecule has 0 unspecified atom stereocenters. The van der Waals surface area contributed by atoms with Gasteiger partial charge in [-0.1, -0.05) is 17.7 Å². The molecule has 1 aromatic carbocycles. The van der Waals surface area contributed by atoms with Crippen LogP contribution in [-0.2, 0) is 14.3 Å². The van der Waals surface area contributed by atoms with Crippen LogP contribution in [0.4, 0.5) is 0 Å². The van der Waals surface area contributed by atoms with Gasteiger partial charge in [0.25, 0.3) is 5.91 Å². The van der Waals surface area contributed by atoms with Crippen molar-refractivity contribution >= 4 is 5.91 Å². The largest absolute Gasteiger partial charge is 0.484 e. The quantitative estimate of drug-likeness (QED) is 0.858. The summed E-state index contributed by atoms with van der Waals surface area (Å²) in [5.74, 6) is 0.296. The van der Waals surface area contributed by atoms with Crippen LogP contribution in [-0.4, -0.2) is 49.5 Å². The summed E-state index contributed by atoms with van der Waals surface area (Å²) in [7, 11) is 0. The molecule has 0 atom stereocenters. The van der Waals surface area contributed by atoms with Crippen LogP contribution < -0.4 is 4.74 Å². The Labute approximate surface area is 131 Å². The number of rotatable bonds is 3. The Kier molecular flexibility index (Phi) is 4.64. The average molecular weight is 305 g/mol. The van der Waals surface area contributed by atoms with Gasteiger partial charge in [0.1, 0.15) is 5.75 Å². The van der Waals surface area contributed by atoms with E-state index in [4.69, 9.17) is 14.2 Å². The molecule has 2 aliphatic heterocycles. The molecule has 120 valence electrons. The van der Waals surface area contributed by atoms with Crippen LogP contribution in [0, 0.1) is 6.92 Å². The minimum atomic E-state index is -0.452. The Morgan fingerprint density at radius 2 is 1.82 bits per heavy atom. The first-order valence-corrected chi connectivity index (χ1v) is 7.92. The fourth-order valence-corrected chi connectivity index (χ4v) is 2.87. The van der Waals surface area contributed by atoms with Crippen LogP contribution >= 0.6 is 0 Å². The smallest absolute Gasteiger partial charge is 0.260 e. The minimum absolute atomic E-state index is 0.0197. The summed E-state index contributed by atoms with van der Waals surface area (Å²) in [6.07, 6.45) is 2.43. The zero-order valence-electron chi connectivity index (χ0n) is 13.0. The molecule has 0 radical (unpaired) electrons. The zero-order chi connectivity index (χ0) is 15.4. The molecule has 0 aromatic heterocycles. The molecular weight excluding hydrogens is 282 g/mol. The van der Waals surface area contributed by atoms with Gasteiger partial charge in [-0.2, -0.15) is 0 Å². The number of benzene rings is 1. The van der Waals surface area contributed by atoms with Gasteiger partial charge in [-0.25, -0.2) is 0 Å². The maximum Gasteiger partial charge on any atom is 0.260 e. The Morgan fingerprint density at radius 3 is 2.45 bits per heavy atom. The maximum atomic E-state index is 12.2. The Balaban J connectivity index is 1.46. The summed E-state index contributed by atoms with van der Waals surface area (Å²) in [6.45, 7) is 4.94. The van der Waals surface area contributed by atoms with Crippen LogP contribution in [0.5, 0.6) is 5.75 Å². The topological polar surface area (TPSA) is 48.0 Å². The van der Waals surface area contributed by atoms with E-state index in [0.29, 0.717) is 13.1 Å². The van der Waals surface area contributed by atoms with Crippen molar-refractivity contribution in [2.24, 2.45) is 0 Å². The van der Waals surface area contributed by atoms with Gasteiger partial charge in [0.2, 0.25) is 0 Å². The van der Waals surface area contributed by atoms with Gasteiger partial charge in [0, 0.05) is 25.9 Å². The van der Waals surface area contributed by atoms with E-state index in [1.807, 2.05) is 36.1 Å². The van der Waals surface area contributed by atoms with Crippen LogP contribution in [0.15, 0.2) is 24.3 Å². The SMILES string of the molecule is Cc1ccc(OCC(=O)N2CCC3(CC2)OCCCO3)cc1.